The minimum absolute atomic E-state index is 0.853. The van der Waals surface area contributed by atoms with Crippen LogP contribution in [-0.4, -0.2) is 29.6 Å². The zero-order chi connectivity index (χ0) is 11.4. The lowest BCUT2D eigenvalue weighted by Gasteiger charge is -2.31. The molecule has 1 aromatic rings. The quantitative estimate of drug-likeness (QED) is 0.847. The molecule has 0 amide bonds. The van der Waals surface area contributed by atoms with Crippen molar-refractivity contribution in [3.63, 3.8) is 0 Å². The molecule has 1 aliphatic heterocycles. The van der Waals surface area contributed by atoms with Gasteiger partial charge in [-0.3, -0.25) is 0 Å². The van der Waals surface area contributed by atoms with Gasteiger partial charge in [0.05, 0.1) is 0 Å². The van der Waals surface area contributed by atoms with Crippen molar-refractivity contribution >= 4 is 11.6 Å². The van der Waals surface area contributed by atoms with Crippen LogP contribution in [0.1, 0.15) is 26.7 Å². The maximum Gasteiger partial charge on any atom is 0.134 e. The van der Waals surface area contributed by atoms with Gasteiger partial charge in [-0.2, -0.15) is 0 Å². The summed E-state index contributed by atoms with van der Waals surface area (Å²) in [7, 11) is 0. The number of anilines is 2. The fourth-order valence-corrected chi connectivity index (χ4v) is 2.04. The van der Waals surface area contributed by atoms with Crippen LogP contribution in [0.15, 0.2) is 12.4 Å². The van der Waals surface area contributed by atoms with E-state index in [4.69, 9.17) is 0 Å². The van der Waals surface area contributed by atoms with Gasteiger partial charge >= 0.3 is 0 Å². The highest BCUT2D eigenvalue weighted by Crippen LogP contribution is 2.22. The Balaban J connectivity index is 2.05. The van der Waals surface area contributed by atoms with Gasteiger partial charge in [-0.1, -0.05) is 6.92 Å². The van der Waals surface area contributed by atoms with E-state index in [9.17, 15) is 0 Å². The Bertz CT molecular complexity index is 332. The first-order chi connectivity index (χ1) is 7.79. The molecule has 1 N–H and O–H groups in total. The van der Waals surface area contributed by atoms with Gasteiger partial charge in [-0.15, -0.1) is 0 Å². The van der Waals surface area contributed by atoms with Crippen molar-refractivity contribution < 1.29 is 0 Å². The highest BCUT2D eigenvalue weighted by atomic mass is 15.2. The molecule has 1 saturated heterocycles. The molecular weight excluding hydrogens is 200 g/mol. The highest BCUT2D eigenvalue weighted by molar-refractivity contribution is 5.48. The SMILES string of the molecule is CCNc1cc(N2CCC(C)CC2)ncn1. The molecule has 0 aliphatic carbocycles. The van der Waals surface area contributed by atoms with Crippen molar-refractivity contribution in [2.75, 3.05) is 29.9 Å². The van der Waals surface area contributed by atoms with Gasteiger partial charge in [-0.25, -0.2) is 9.97 Å². The second-order valence-corrected chi connectivity index (χ2v) is 4.46. The van der Waals surface area contributed by atoms with E-state index < -0.39 is 0 Å². The fraction of sp³-hybridized carbons (Fsp3) is 0.667. The first-order valence-electron chi connectivity index (χ1n) is 6.10. The molecule has 0 spiro atoms. The standard InChI is InChI=1S/C12H20N4/c1-3-13-11-8-12(15-9-14-11)16-6-4-10(2)5-7-16/h8-10H,3-7H2,1-2H3,(H,13,14,15). The van der Waals surface area contributed by atoms with Crippen molar-refractivity contribution in [3.8, 4) is 0 Å². The molecule has 1 aromatic heterocycles. The summed E-state index contributed by atoms with van der Waals surface area (Å²) in [5, 5.41) is 3.22. The first-order valence-corrected chi connectivity index (χ1v) is 6.10. The number of rotatable bonds is 3. The summed E-state index contributed by atoms with van der Waals surface area (Å²) in [6.07, 6.45) is 4.17. The van der Waals surface area contributed by atoms with Crippen molar-refractivity contribution in [1.82, 2.24) is 9.97 Å². The van der Waals surface area contributed by atoms with E-state index in [0.29, 0.717) is 0 Å². The number of hydrogen-bond donors (Lipinski definition) is 1. The molecule has 0 radical (unpaired) electrons. The molecule has 1 aliphatic rings. The largest absolute Gasteiger partial charge is 0.370 e. The molecule has 4 nitrogen and oxygen atoms in total. The maximum atomic E-state index is 4.35. The van der Waals surface area contributed by atoms with Crippen LogP contribution in [0.5, 0.6) is 0 Å². The molecule has 1 fully saturated rings. The molecule has 0 unspecified atom stereocenters. The second-order valence-electron chi connectivity index (χ2n) is 4.46. The van der Waals surface area contributed by atoms with Crippen LogP contribution in [0.4, 0.5) is 11.6 Å². The summed E-state index contributed by atoms with van der Waals surface area (Å²) in [5.41, 5.74) is 0. The molecular formula is C12H20N4. The lowest BCUT2D eigenvalue weighted by molar-refractivity contribution is 0.436. The molecule has 4 heteroatoms. The van der Waals surface area contributed by atoms with Gasteiger partial charge in [-0.05, 0) is 25.7 Å². The summed E-state index contributed by atoms with van der Waals surface area (Å²) in [5.74, 6) is 2.83. The second kappa shape index (κ2) is 5.14. The normalized spacial score (nSPS) is 17.5. The molecule has 88 valence electrons. The number of nitrogens with one attached hydrogen (secondary N) is 1. The predicted octanol–water partition coefficient (Wildman–Crippen LogP) is 2.14. The van der Waals surface area contributed by atoms with Crippen molar-refractivity contribution in [2.24, 2.45) is 5.92 Å². The Hall–Kier alpha value is -1.32. The molecule has 2 heterocycles. The zero-order valence-corrected chi connectivity index (χ0v) is 10.1. The first kappa shape index (κ1) is 11.2. The van der Waals surface area contributed by atoms with Gasteiger partial charge in [0.1, 0.15) is 18.0 Å². The van der Waals surface area contributed by atoms with Gasteiger partial charge in [0.25, 0.3) is 0 Å². The van der Waals surface area contributed by atoms with Crippen LogP contribution in [0.3, 0.4) is 0 Å². The zero-order valence-electron chi connectivity index (χ0n) is 10.1. The Morgan fingerprint density at radius 1 is 1.38 bits per heavy atom. The Morgan fingerprint density at radius 3 is 2.81 bits per heavy atom. The van der Waals surface area contributed by atoms with Gasteiger partial charge in [0, 0.05) is 25.7 Å². The van der Waals surface area contributed by atoms with E-state index in [1.165, 1.54) is 12.8 Å². The average Bonchev–Trinajstić information content (AvgIpc) is 2.31. The van der Waals surface area contributed by atoms with E-state index in [0.717, 1.165) is 37.2 Å². The van der Waals surface area contributed by atoms with Crippen molar-refractivity contribution in [1.29, 1.82) is 0 Å². The lowest BCUT2D eigenvalue weighted by atomic mass is 9.99. The number of aromatic nitrogens is 2. The Labute approximate surface area is 97.1 Å². The average molecular weight is 220 g/mol. The van der Waals surface area contributed by atoms with Crippen molar-refractivity contribution in [3.05, 3.63) is 12.4 Å². The number of nitrogens with zero attached hydrogens (tertiary/aromatic N) is 3. The maximum absolute atomic E-state index is 4.35. The summed E-state index contributed by atoms with van der Waals surface area (Å²) in [6, 6.07) is 2.04. The van der Waals surface area contributed by atoms with E-state index in [1.54, 1.807) is 6.33 Å². The monoisotopic (exact) mass is 220 g/mol. The number of hydrogen-bond acceptors (Lipinski definition) is 4. The summed E-state index contributed by atoms with van der Waals surface area (Å²) in [6.45, 7) is 7.52. The van der Waals surface area contributed by atoms with Gasteiger partial charge in [0.15, 0.2) is 0 Å². The minimum atomic E-state index is 0.853. The number of piperidine rings is 1. The smallest absolute Gasteiger partial charge is 0.134 e. The van der Waals surface area contributed by atoms with Crippen LogP contribution in [-0.2, 0) is 0 Å². The molecule has 2 rings (SSSR count). The van der Waals surface area contributed by atoms with Crippen LogP contribution >= 0.6 is 0 Å². The van der Waals surface area contributed by atoms with Crippen molar-refractivity contribution in [2.45, 2.75) is 26.7 Å². The minimum Gasteiger partial charge on any atom is -0.370 e. The summed E-state index contributed by atoms with van der Waals surface area (Å²) < 4.78 is 0. The highest BCUT2D eigenvalue weighted by Gasteiger charge is 2.17. The summed E-state index contributed by atoms with van der Waals surface area (Å²) >= 11 is 0. The topological polar surface area (TPSA) is 41.0 Å². The molecule has 0 aromatic carbocycles. The Kier molecular flexibility index (Phi) is 3.59. The molecule has 0 saturated carbocycles. The van der Waals surface area contributed by atoms with Crippen LogP contribution < -0.4 is 10.2 Å². The summed E-state index contributed by atoms with van der Waals surface area (Å²) in [4.78, 5) is 10.9. The third kappa shape index (κ3) is 2.62. The van der Waals surface area contributed by atoms with E-state index in [-0.39, 0.29) is 0 Å². The van der Waals surface area contributed by atoms with Gasteiger partial charge in [0.2, 0.25) is 0 Å². The van der Waals surface area contributed by atoms with Crippen LogP contribution in [0.2, 0.25) is 0 Å². The van der Waals surface area contributed by atoms with E-state index in [2.05, 4.69) is 34.0 Å². The van der Waals surface area contributed by atoms with Gasteiger partial charge < -0.3 is 10.2 Å². The van der Waals surface area contributed by atoms with E-state index in [1.807, 2.05) is 6.07 Å². The third-order valence-electron chi connectivity index (χ3n) is 3.12. The fourth-order valence-electron chi connectivity index (χ4n) is 2.04. The Morgan fingerprint density at radius 2 is 2.12 bits per heavy atom. The molecule has 16 heavy (non-hydrogen) atoms. The van der Waals surface area contributed by atoms with E-state index >= 15 is 0 Å². The molecule has 0 atom stereocenters. The molecule has 0 bridgehead atoms. The third-order valence-corrected chi connectivity index (χ3v) is 3.12. The van der Waals surface area contributed by atoms with Crippen LogP contribution in [0, 0.1) is 5.92 Å². The predicted molar refractivity (Wildman–Crippen MR) is 66.8 cm³/mol. The lowest BCUT2D eigenvalue weighted by Crippen LogP contribution is -2.33. The van der Waals surface area contributed by atoms with Crippen LogP contribution in [0.25, 0.3) is 0 Å².